The van der Waals surface area contributed by atoms with Crippen molar-refractivity contribution in [3.8, 4) is 0 Å². The standard InChI is InChI=1S/C9H12N4.ClH/c10-9-12-6-4-8(13-9)7-3-1-2-5-11-7;/h1-3,5,8H,4,6H2,(H3,10,12,13);1H. The van der Waals surface area contributed by atoms with Gasteiger partial charge in [0, 0.05) is 12.7 Å². The van der Waals surface area contributed by atoms with Crippen molar-refractivity contribution in [2.45, 2.75) is 12.5 Å². The first kappa shape index (κ1) is 10.8. The second kappa shape index (κ2) is 4.81. The first-order valence-electron chi connectivity index (χ1n) is 4.33. The molecule has 5 heteroatoms. The summed E-state index contributed by atoms with van der Waals surface area (Å²) < 4.78 is 0. The predicted octanol–water partition coefficient (Wildman–Crippen LogP) is 0.852. The predicted molar refractivity (Wildman–Crippen MR) is 58.5 cm³/mol. The molecule has 0 aliphatic carbocycles. The molecule has 0 spiro atoms. The minimum atomic E-state index is 0. The summed E-state index contributed by atoms with van der Waals surface area (Å²) in [5.74, 6) is 0.516. The Labute approximate surface area is 89.0 Å². The Hall–Kier alpha value is -1.29. The monoisotopic (exact) mass is 212 g/mol. The molecule has 2 heterocycles. The van der Waals surface area contributed by atoms with Crippen molar-refractivity contribution in [1.29, 1.82) is 0 Å². The summed E-state index contributed by atoms with van der Waals surface area (Å²) in [6.07, 6.45) is 2.75. The van der Waals surface area contributed by atoms with Gasteiger partial charge in [-0.3, -0.25) is 9.98 Å². The molecule has 0 aromatic carbocycles. The molecule has 0 fully saturated rings. The molecule has 1 atom stereocenters. The molecule has 1 aliphatic rings. The van der Waals surface area contributed by atoms with Crippen LogP contribution in [0.15, 0.2) is 29.4 Å². The maximum absolute atomic E-state index is 5.57. The molecule has 2 rings (SSSR count). The molecule has 4 nitrogen and oxygen atoms in total. The van der Waals surface area contributed by atoms with E-state index < -0.39 is 0 Å². The van der Waals surface area contributed by atoms with Crippen LogP contribution < -0.4 is 11.1 Å². The Morgan fingerprint density at radius 3 is 2.93 bits per heavy atom. The summed E-state index contributed by atoms with van der Waals surface area (Å²) in [4.78, 5) is 8.32. The molecule has 1 aliphatic heterocycles. The van der Waals surface area contributed by atoms with Crippen molar-refractivity contribution in [2.24, 2.45) is 10.7 Å². The lowest BCUT2D eigenvalue weighted by Gasteiger charge is -2.21. The van der Waals surface area contributed by atoms with Crippen molar-refractivity contribution in [1.82, 2.24) is 10.3 Å². The molecule has 1 unspecified atom stereocenters. The SMILES string of the molecule is Cl.NC1=NCCC(c2ccccn2)N1. The normalized spacial score (nSPS) is 20.3. The van der Waals surface area contributed by atoms with Crippen LogP contribution in [0.4, 0.5) is 0 Å². The zero-order chi connectivity index (χ0) is 9.10. The Bertz CT molecular complexity index is 312. The Morgan fingerprint density at radius 1 is 1.43 bits per heavy atom. The lowest BCUT2D eigenvalue weighted by atomic mass is 10.1. The van der Waals surface area contributed by atoms with Crippen molar-refractivity contribution in [3.63, 3.8) is 0 Å². The minimum absolute atomic E-state index is 0. The molecule has 0 saturated heterocycles. The minimum Gasteiger partial charge on any atom is -0.370 e. The average molecular weight is 213 g/mol. The summed E-state index contributed by atoms with van der Waals surface area (Å²) in [7, 11) is 0. The number of nitrogens with zero attached hydrogens (tertiary/aromatic N) is 2. The fourth-order valence-corrected chi connectivity index (χ4v) is 1.41. The Balaban J connectivity index is 0.000000980. The quantitative estimate of drug-likeness (QED) is 0.726. The topological polar surface area (TPSA) is 63.3 Å². The van der Waals surface area contributed by atoms with Crippen LogP contribution in [-0.2, 0) is 0 Å². The number of pyridine rings is 1. The van der Waals surface area contributed by atoms with Crippen molar-refractivity contribution in [2.75, 3.05) is 6.54 Å². The van der Waals surface area contributed by atoms with Gasteiger partial charge in [-0.1, -0.05) is 6.07 Å². The maximum atomic E-state index is 5.57. The second-order valence-electron chi connectivity index (χ2n) is 3.01. The van der Waals surface area contributed by atoms with Gasteiger partial charge in [-0.05, 0) is 18.6 Å². The van der Waals surface area contributed by atoms with Gasteiger partial charge in [-0.2, -0.15) is 0 Å². The van der Waals surface area contributed by atoms with E-state index in [1.165, 1.54) is 0 Å². The largest absolute Gasteiger partial charge is 0.370 e. The maximum Gasteiger partial charge on any atom is 0.189 e. The molecule has 3 N–H and O–H groups in total. The number of nitrogens with one attached hydrogen (secondary N) is 1. The van der Waals surface area contributed by atoms with Crippen molar-refractivity contribution >= 4 is 18.4 Å². The highest BCUT2D eigenvalue weighted by Crippen LogP contribution is 2.15. The number of hydrogen-bond donors (Lipinski definition) is 2. The molecule has 0 bridgehead atoms. The average Bonchev–Trinajstić information content (AvgIpc) is 2.19. The lowest BCUT2D eigenvalue weighted by molar-refractivity contribution is 0.555. The van der Waals surface area contributed by atoms with E-state index in [0.717, 1.165) is 18.7 Å². The van der Waals surface area contributed by atoms with E-state index in [-0.39, 0.29) is 18.4 Å². The summed E-state index contributed by atoms with van der Waals surface area (Å²) in [6, 6.07) is 6.10. The first-order chi connectivity index (χ1) is 6.36. The smallest absolute Gasteiger partial charge is 0.189 e. The number of hydrogen-bond acceptors (Lipinski definition) is 4. The molecule has 14 heavy (non-hydrogen) atoms. The van der Waals surface area contributed by atoms with Gasteiger partial charge in [-0.25, -0.2) is 0 Å². The lowest BCUT2D eigenvalue weighted by Crippen LogP contribution is -2.38. The number of aliphatic imine (C=N–C) groups is 1. The molecule has 0 amide bonds. The van der Waals surface area contributed by atoms with E-state index in [2.05, 4.69) is 15.3 Å². The molecule has 76 valence electrons. The van der Waals surface area contributed by atoms with Crippen LogP contribution in [0.1, 0.15) is 18.2 Å². The van der Waals surface area contributed by atoms with Gasteiger partial charge >= 0.3 is 0 Å². The summed E-state index contributed by atoms with van der Waals surface area (Å²) in [6.45, 7) is 0.778. The number of aromatic nitrogens is 1. The van der Waals surface area contributed by atoms with Gasteiger partial charge in [0.2, 0.25) is 0 Å². The third-order valence-corrected chi connectivity index (χ3v) is 2.07. The summed E-state index contributed by atoms with van der Waals surface area (Å²) >= 11 is 0. The van der Waals surface area contributed by atoms with E-state index in [4.69, 9.17) is 5.73 Å². The zero-order valence-electron chi connectivity index (χ0n) is 7.68. The number of rotatable bonds is 1. The van der Waals surface area contributed by atoms with Gasteiger partial charge in [-0.15, -0.1) is 12.4 Å². The highest BCUT2D eigenvalue weighted by Gasteiger charge is 2.15. The molecular weight excluding hydrogens is 200 g/mol. The Morgan fingerprint density at radius 2 is 2.29 bits per heavy atom. The molecule has 0 radical (unpaired) electrons. The van der Waals surface area contributed by atoms with Crippen LogP contribution in [-0.4, -0.2) is 17.5 Å². The van der Waals surface area contributed by atoms with Gasteiger partial charge in [0.25, 0.3) is 0 Å². The van der Waals surface area contributed by atoms with E-state index in [0.29, 0.717) is 5.96 Å². The van der Waals surface area contributed by atoms with Gasteiger partial charge in [0.15, 0.2) is 5.96 Å². The van der Waals surface area contributed by atoms with Crippen LogP contribution in [0.5, 0.6) is 0 Å². The van der Waals surface area contributed by atoms with Crippen LogP contribution in [0, 0.1) is 0 Å². The van der Waals surface area contributed by atoms with Crippen LogP contribution in [0.2, 0.25) is 0 Å². The van der Waals surface area contributed by atoms with Crippen LogP contribution in [0.25, 0.3) is 0 Å². The van der Waals surface area contributed by atoms with E-state index in [1.54, 1.807) is 6.20 Å². The highest BCUT2D eigenvalue weighted by atomic mass is 35.5. The third-order valence-electron chi connectivity index (χ3n) is 2.07. The number of nitrogens with two attached hydrogens (primary N) is 1. The van der Waals surface area contributed by atoms with E-state index >= 15 is 0 Å². The van der Waals surface area contributed by atoms with Crippen molar-refractivity contribution in [3.05, 3.63) is 30.1 Å². The fraction of sp³-hybridized carbons (Fsp3) is 0.333. The number of halogens is 1. The molecule has 1 aromatic rings. The van der Waals surface area contributed by atoms with Crippen LogP contribution >= 0.6 is 12.4 Å². The number of guanidine groups is 1. The summed E-state index contributed by atoms with van der Waals surface area (Å²) in [5, 5.41) is 3.10. The second-order valence-corrected chi connectivity index (χ2v) is 3.01. The Kier molecular flexibility index (Phi) is 3.71. The molecular formula is C9H13ClN4. The van der Waals surface area contributed by atoms with Gasteiger partial charge < -0.3 is 11.1 Å². The van der Waals surface area contributed by atoms with Crippen LogP contribution in [0.3, 0.4) is 0 Å². The van der Waals surface area contributed by atoms with Gasteiger partial charge in [0.1, 0.15) is 0 Å². The molecule has 1 aromatic heterocycles. The zero-order valence-corrected chi connectivity index (χ0v) is 8.50. The van der Waals surface area contributed by atoms with Gasteiger partial charge in [0.05, 0.1) is 11.7 Å². The van der Waals surface area contributed by atoms with Crippen molar-refractivity contribution < 1.29 is 0 Å². The third kappa shape index (κ3) is 2.35. The highest BCUT2D eigenvalue weighted by molar-refractivity contribution is 5.85. The van der Waals surface area contributed by atoms with E-state index in [9.17, 15) is 0 Å². The molecule has 0 saturated carbocycles. The fourth-order valence-electron chi connectivity index (χ4n) is 1.41. The first-order valence-corrected chi connectivity index (χ1v) is 4.33. The van der Waals surface area contributed by atoms with E-state index in [1.807, 2.05) is 18.2 Å². The summed E-state index contributed by atoms with van der Waals surface area (Å²) in [5.41, 5.74) is 6.60.